The molecular weight excluding hydrogens is 552 g/mol. The molecule has 0 amide bonds. The van der Waals surface area contributed by atoms with Gasteiger partial charge in [-0.05, 0) is 86.9 Å². The van der Waals surface area contributed by atoms with E-state index in [1.807, 2.05) is 24.3 Å². The van der Waals surface area contributed by atoms with Crippen LogP contribution in [0.3, 0.4) is 0 Å². The molecule has 2 saturated heterocycles. The number of piperidine rings is 1. The van der Waals surface area contributed by atoms with Crippen LogP contribution in [-0.2, 0) is 15.4 Å². The van der Waals surface area contributed by atoms with Crippen molar-refractivity contribution < 1.29 is 8.42 Å². The quantitative estimate of drug-likeness (QED) is 0.237. The summed E-state index contributed by atoms with van der Waals surface area (Å²) in [6.07, 6.45) is 5.69. The van der Waals surface area contributed by atoms with Crippen molar-refractivity contribution >= 4 is 32.7 Å². The lowest BCUT2D eigenvalue weighted by Gasteiger charge is -2.40. The highest BCUT2D eigenvalue weighted by molar-refractivity contribution is 7.89. The molecule has 5 atom stereocenters. The molecule has 1 aliphatic carbocycles. The summed E-state index contributed by atoms with van der Waals surface area (Å²) < 4.78 is 31.0. The van der Waals surface area contributed by atoms with Crippen LogP contribution in [0.4, 0.5) is 0 Å². The Morgan fingerprint density at radius 1 is 0.951 bits per heavy atom. The number of sulfonamides is 1. The molecular formula is C33H37ClN4O2S. The summed E-state index contributed by atoms with van der Waals surface area (Å²) in [4.78, 5) is 7.94. The predicted molar refractivity (Wildman–Crippen MR) is 164 cm³/mol. The fourth-order valence-electron chi connectivity index (χ4n) is 7.95. The van der Waals surface area contributed by atoms with Crippen molar-refractivity contribution in [2.75, 3.05) is 20.1 Å². The van der Waals surface area contributed by atoms with Crippen LogP contribution in [0.2, 0.25) is 5.02 Å². The highest BCUT2D eigenvalue weighted by Gasteiger charge is 2.58. The van der Waals surface area contributed by atoms with Crippen molar-refractivity contribution in [2.45, 2.75) is 67.5 Å². The minimum Gasteiger partial charge on any atom is -0.325 e. The molecule has 1 saturated carbocycles. The minimum absolute atomic E-state index is 0.241. The first-order chi connectivity index (χ1) is 19.8. The molecule has 0 radical (unpaired) electrons. The number of hydrogen-bond acceptors (Lipinski definition) is 4. The molecule has 0 N–H and O–H groups in total. The summed E-state index contributed by atoms with van der Waals surface area (Å²) in [6.45, 7) is 3.58. The summed E-state index contributed by atoms with van der Waals surface area (Å²) >= 11 is 6.47. The van der Waals surface area contributed by atoms with Gasteiger partial charge in [0.2, 0.25) is 10.0 Å². The van der Waals surface area contributed by atoms with Crippen molar-refractivity contribution in [1.82, 2.24) is 18.8 Å². The molecule has 4 aromatic rings. The van der Waals surface area contributed by atoms with Crippen LogP contribution in [0.1, 0.15) is 49.5 Å². The van der Waals surface area contributed by atoms with E-state index < -0.39 is 10.0 Å². The SMILES string of the molecule is Cc1nc2ccccc2n1[C@@H]1C[C@H]2CC[C@@H](C1)N2C[C@@H]1C[C@@]1(CN(C)S(=O)(=O)c1ccccc1)c1cccc(Cl)c1. The van der Waals surface area contributed by atoms with Gasteiger partial charge in [-0.2, -0.15) is 0 Å². The second-order valence-corrected chi connectivity index (χ2v) is 14.8. The molecule has 7 rings (SSSR count). The van der Waals surface area contributed by atoms with E-state index in [1.54, 1.807) is 35.6 Å². The lowest BCUT2D eigenvalue weighted by Crippen LogP contribution is -2.45. The van der Waals surface area contributed by atoms with Crippen molar-refractivity contribution in [3.05, 3.63) is 95.3 Å². The molecule has 214 valence electrons. The maximum Gasteiger partial charge on any atom is 0.242 e. The molecule has 0 unspecified atom stereocenters. The fourth-order valence-corrected chi connectivity index (χ4v) is 9.40. The van der Waals surface area contributed by atoms with E-state index in [1.165, 1.54) is 18.4 Å². The number of aryl methyl sites for hydroxylation is 1. The van der Waals surface area contributed by atoms with E-state index in [-0.39, 0.29) is 5.41 Å². The first-order valence-electron chi connectivity index (χ1n) is 14.7. The van der Waals surface area contributed by atoms with E-state index >= 15 is 0 Å². The summed E-state index contributed by atoms with van der Waals surface area (Å²) in [6, 6.07) is 26.9. The van der Waals surface area contributed by atoms with Gasteiger partial charge in [-0.1, -0.05) is 54.1 Å². The Kier molecular flexibility index (Phi) is 6.77. The Hall–Kier alpha value is -2.71. The lowest BCUT2D eigenvalue weighted by molar-refractivity contribution is 0.0989. The van der Waals surface area contributed by atoms with Crippen molar-refractivity contribution in [3.8, 4) is 0 Å². The standard InChI is InChI=1S/C33H37ClN4O2S/c1-23-35-31-13-6-7-14-32(31)38(23)29-18-27-15-16-28(19-29)37(27)21-25-20-33(25,24-9-8-10-26(34)17-24)22-36(2)41(39,40)30-11-4-3-5-12-30/h3-14,17,25,27-29H,15-16,18-22H2,1-2H3/t25-,27-,28+,29-,33+/m0/s1. The number of halogens is 1. The molecule has 2 aliphatic heterocycles. The second kappa shape index (κ2) is 10.2. The first-order valence-corrected chi connectivity index (χ1v) is 16.5. The van der Waals surface area contributed by atoms with Gasteiger partial charge in [-0.15, -0.1) is 0 Å². The number of hydrogen-bond donors (Lipinski definition) is 0. The van der Waals surface area contributed by atoms with Crippen LogP contribution < -0.4 is 0 Å². The number of imidazole rings is 1. The number of likely N-dealkylation sites (N-methyl/N-ethyl adjacent to an activating group) is 1. The highest BCUT2D eigenvalue weighted by Crippen LogP contribution is 2.57. The van der Waals surface area contributed by atoms with Crippen LogP contribution >= 0.6 is 11.6 Å². The van der Waals surface area contributed by atoms with E-state index in [9.17, 15) is 8.42 Å². The molecule has 41 heavy (non-hydrogen) atoms. The molecule has 1 aromatic heterocycles. The van der Waals surface area contributed by atoms with Gasteiger partial charge in [0.15, 0.2) is 0 Å². The fraction of sp³-hybridized carbons (Fsp3) is 0.424. The zero-order valence-electron chi connectivity index (χ0n) is 23.7. The van der Waals surface area contributed by atoms with E-state index in [0.717, 1.165) is 42.7 Å². The molecule has 3 fully saturated rings. The van der Waals surface area contributed by atoms with Gasteiger partial charge in [0.25, 0.3) is 0 Å². The Balaban J connectivity index is 1.12. The zero-order chi connectivity index (χ0) is 28.4. The molecule has 2 bridgehead atoms. The van der Waals surface area contributed by atoms with Gasteiger partial charge >= 0.3 is 0 Å². The number of rotatable bonds is 8. The molecule has 3 aliphatic rings. The van der Waals surface area contributed by atoms with Crippen LogP contribution in [-0.4, -0.2) is 59.4 Å². The van der Waals surface area contributed by atoms with Gasteiger partial charge < -0.3 is 4.57 Å². The number of nitrogens with zero attached hydrogens (tertiary/aromatic N) is 4. The van der Waals surface area contributed by atoms with Gasteiger partial charge in [0.05, 0.1) is 15.9 Å². The summed E-state index contributed by atoms with van der Waals surface area (Å²) in [7, 11) is -1.87. The van der Waals surface area contributed by atoms with Gasteiger partial charge in [0.1, 0.15) is 5.82 Å². The third-order valence-electron chi connectivity index (χ3n) is 10.0. The van der Waals surface area contributed by atoms with E-state index in [4.69, 9.17) is 16.6 Å². The highest BCUT2D eigenvalue weighted by atomic mass is 35.5. The summed E-state index contributed by atoms with van der Waals surface area (Å²) in [5.41, 5.74) is 3.23. The maximum absolute atomic E-state index is 13.5. The second-order valence-electron chi connectivity index (χ2n) is 12.4. The Morgan fingerprint density at radius 2 is 1.66 bits per heavy atom. The van der Waals surface area contributed by atoms with Crippen LogP contribution in [0.15, 0.2) is 83.8 Å². The lowest BCUT2D eigenvalue weighted by atomic mass is 9.91. The van der Waals surface area contributed by atoms with E-state index in [2.05, 4.69) is 46.7 Å². The number of benzene rings is 3. The first kappa shape index (κ1) is 27.1. The average molecular weight is 589 g/mol. The predicted octanol–water partition coefficient (Wildman–Crippen LogP) is 6.44. The number of fused-ring (bicyclic) bond motifs is 3. The average Bonchev–Trinajstić information content (AvgIpc) is 3.47. The molecule has 6 nitrogen and oxygen atoms in total. The topological polar surface area (TPSA) is 58.4 Å². The molecule has 3 heterocycles. The van der Waals surface area contributed by atoms with Crippen molar-refractivity contribution in [3.63, 3.8) is 0 Å². The Morgan fingerprint density at radius 3 is 2.39 bits per heavy atom. The van der Waals surface area contributed by atoms with Crippen LogP contribution in [0.5, 0.6) is 0 Å². The largest absolute Gasteiger partial charge is 0.325 e. The summed E-state index contributed by atoms with van der Waals surface area (Å²) in [5, 5.41) is 0.699. The smallest absolute Gasteiger partial charge is 0.242 e. The van der Waals surface area contributed by atoms with Crippen molar-refractivity contribution in [1.29, 1.82) is 0 Å². The molecule has 8 heteroatoms. The van der Waals surface area contributed by atoms with Gasteiger partial charge in [0, 0.05) is 48.7 Å². The third kappa shape index (κ3) is 4.71. The Labute approximate surface area is 248 Å². The normalized spacial score (nSPS) is 28.0. The number of para-hydroxylation sites is 2. The van der Waals surface area contributed by atoms with Gasteiger partial charge in [-0.3, -0.25) is 4.90 Å². The summed E-state index contributed by atoms with van der Waals surface area (Å²) in [5.74, 6) is 1.48. The zero-order valence-corrected chi connectivity index (χ0v) is 25.2. The Bertz CT molecular complexity index is 1680. The molecule has 3 aromatic carbocycles. The number of aromatic nitrogens is 2. The molecule has 0 spiro atoms. The minimum atomic E-state index is -3.59. The third-order valence-corrected chi connectivity index (χ3v) is 12.1. The van der Waals surface area contributed by atoms with Gasteiger partial charge in [-0.25, -0.2) is 17.7 Å². The van der Waals surface area contributed by atoms with Crippen LogP contribution in [0.25, 0.3) is 11.0 Å². The van der Waals surface area contributed by atoms with E-state index in [0.29, 0.717) is 40.5 Å². The maximum atomic E-state index is 13.5. The monoisotopic (exact) mass is 588 g/mol. The van der Waals surface area contributed by atoms with Crippen molar-refractivity contribution in [2.24, 2.45) is 5.92 Å². The van der Waals surface area contributed by atoms with Crippen LogP contribution in [0, 0.1) is 12.8 Å².